The highest BCUT2D eigenvalue weighted by Crippen LogP contribution is 2.48. The molecule has 4 rings (SSSR count). The normalized spacial score (nSPS) is 30.2. The van der Waals surface area contributed by atoms with Crippen LogP contribution in [0.15, 0.2) is 24.3 Å². The minimum atomic E-state index is -3.57. The Kier molecular flexibility index (Phi) is 3.85. The number of para-hydroxylation sites is 1. The van der Waals surface area contributed by atoms with E-state index in [2.05, 4.69) is 10.2 Å². The fourth-order valence-corrected chi connectivity index (χ4v) is 6.68. The summed E-state index contributed by atoms with van der Waals surface area (Å²) < 4.78 is 27.7. The molecule has 2 atom stereocenters. The van der Waals surface area contributed by atoms with Crippen LogP contribution in [0.1, 0.15) is 44.1 Å². The van der Waals surface area contributed by atoms with Crippen molar-refractivity contribution in [3.05, 3.63) is 41.2 Å². The maximum absolute atomic E-state index is 13.2. The van der Waals surface area contributed by atoms with E-state index in [0.29, 0.717) is 12.8 Å². The van der Waals surface area contributed by atoms with E-state index >= 15 is 0 Å². The second kappa shape index (κ2) is 5.82. The first-order valence-electron chi connectivity index (χ1n) is 8.77. The molecule has 1 saturated heterocycles. The molecule has 1 aromatic rings. The first-order chi connectivity index (χ1) is 12.0. The first kappa shape index (κ1) is 16.6. The van der Waals surface area contributed by atoms with Crippen LogP contribution in [0.25, 0.3) is 4.85 Å². The van der Waals surface area contributed by atoms with Crippen molar-refractivity contribution in [1.82, 2.24) is 4.31 Å². The van der Waals surface area contributed by atoms with Crippen LogP contribution in [0.5, 0.6) is 0 Å². The van der Waals surface area contributed by atoms with E-state index < -0.39 is 26.9 Å². The fraction of sp³-hybridized carbons (Fsp3) is 0.556. The Bertz CT molecular complexity index is 855. The van der Waals surface area contributed by atoms with Crippen LogP contribution in [0.2, 0.25) is 0 Å². The monoisotopic (exact) mass is 359 g/mol. The Morgan fingerprint density at radius 2 is 1.92 bits per heavy atom. The molecule has 1 aliphatic carbocycles. The average molecular weight is 359 g/mol. The standard InChI is InChI=1S/C18H21N3O3S/c1-19-16-11-18(14-9-5-6-10-15(14)20-17(18)22)12-21(16)25(23,24)13-7-3-2-4-8-13/h5-6,9-10,13,16H,2-4,7-8,11-12H2,(H,20,22)/t16-,18-/m0/s1. The number of hydrogen-bond donors (Lipinski definition) is 1. The number of anilines is 1. The fourth-order valence-electron chi connectivity index (χ4n) is 4.51. The molecular formula is C18H21N3O3S. The summed E-state index contributed by atoms with van der Waals surface area (Å²) in [6.07, 6.45) is 3.62. The molecule has 1 saturated carbocycles. The van der Waals surface area contributed by atoms with Gasteiger partial charge >= 0.3 is 0 Å². The van der Waals surface area contributed by atoms with Gasteiger partial charge in [0.15, 0.2) is 0 Å². The van der Waals surface area contributed by atoms with Gasteiger partial charge in [-0.15, -0.1) is 4.31 Å². The highest BCUT2D eigenvalue weighted by Gasteiger charge is 2.60. The minimum Gasteiger partial charge on any atom is -0.325 e. The van der Waals surface area contributed by atoms with Crippen molar-refractivity contribution in [1.29, 1.82) is 0 Å². The number of benzene rings is 1. The van der Waals surface area contributed by atoms with Crippen LogP contribution in [-0.2, 0) is 20.2 Å². The Hall–Kier alpha value is -1.91. The van der Waals surface area contributed by atoms with Crippen LogP contribution in [-0.4, -0.2) is 36.6 Å². The number of fused-ring (bicyclic) bond motifs is 2. The number of carbonyl (C=O) groups is 1. The number of nitrogens with one attached hydrogen (secondary N) is 1. The highest BCUT2D eigenvalue weighted by molar-refractivity contribution is 7.89. The van der Waals surface area contributed by atoms with Crippen molar-refractivity contribution in [3.8, 4) is 0 Å². The number of rotatable bonds is 2. The number of amides is 1. The molecule has 1 N–H and O–H groups in total. The van der Waals surface area contributed by atoms with Gasteiger partial charge in [-0.3, -0.25) is 9.64 Å². The predicted octanol–water partition coefficient (Wildman–Crippen LogP) is 2.49. The lowest BCUT2D eigenvalue weighted by atomic mass is 9.80. The van der Waals surface area contributed by atoms with Crippen LogP contribution in [0, 0.1) is 6.57 Å². The van der Waals surface area contributed by atoms with Gasteiger partial charge in [0.25, 0.3) is 6.17 Å². The molecule has 0 aromatic heterocycles. The first-order valence-corrected chi connectivity index (χ1v) is 10.3. The third-order valence-corrected chi connectivity index (χ3v) is 8.20. The van der Waals surface area contributed by atoms with E-state index in [4.69, 9.17) is 6.57 Å². The second-order valence-electron chi connectivity index (χ2n) is 7.25. The van der Waals surface area contributed by atoms with E-state index in [1.165, 1.54) is 4.31 Å². The molecule has 2 aliphatic heterocycles. The molecule has 0 bridgehead atoms. The molecule has 7 heteroatoms. The molecule has 1 aromatic carbocycles. The van der Waals surface area contributed by atoms with Crippen LogP contribution in [0.4, 0.5) is 5.69 Å². The zero-order valence-corrected chi connectivity index (χ0v) is 14.8. The molecule has 1 spiro atoms. The Balaban J connectivity index is 1.72. The molecule has 132 valence electrons. The summed E-state index contributed by atoms with van der Waals surface area (Å²) in [5.41, 5.74) is 0.608. The molecule has 6 nitrogen and oxygen atoms in total. The summed E-state index contributed by atoms with van der Waals surface area (Å²) in [5, 5.41) is 2.45. The van der Waals surface area contributed by atoms with Gasteiger partial charge < -0.3 is 5.32 Å². The molecule has 2 fully saturated rings. The van der Waals surface area contributed by atoms with Crippen LogP contribution in [0.3, 0.4) is 0 Å². The summed E-state index contributed by atoms with van der Waals surface area (Å²) in [4.78, 5) is 16.3. The molecule has 2 heterocycles. The average Bonchev–Trinajstić information content (AvgIpc) is 3.16. The van der Waals surface area contributed by atoms with E-state index in [-0.39, 0.29) is 18.9 Å². The second-order valence-corrected chi connectivity index (χ2v) is 9.41. The van der Waals surface area contributed by atoms with E-state index in [9.17, 15) is 13.2 Å². The van der Waals surface area contributed by atoms with E-state index in [1.54, 1.807) is 0 Å². The summed E-state index contributed by atoms with van der Waals surface area (Å²) in [6, 6.07) is 7.39. The lowest BCUT2D eigenvalue weighted by Gasteiger charge is -2.27. The van der Waals surface area contributed by atoms with Crippen LogP contribution < -0.4 is 5.32 Å². The molecule has 0 radical (unpaired) electrons. The lowest BCUT2D eigenvalue weighted by Crippen LogP contribution is -2.44. The van der Waals surface area contributed by atoms with Crippen molar-refractivity contribution < 1.29 is 13.2 Å². The van der Waals surface area contributed by atoms with Crippen molar-refractivity contribution in [2.24, 2.45) is 0 Å². The van der Waals surface area contributed by atoms with Gasteiger partial charge in [-0.1, -0.05) is 37.5 Å². The van der Waals surface area contributed by atoms with Gasteiger partial charge in [-0.2, -0.15) is 0 Å². The summed E-state index contributed by atoms with van der Waals surface area (Å²) in [6.45, 7) is 7.58. The van der Waals surface area contributed by atoms with Gasteiger partial charge in [0.2, 0.25) is 15.9 Å². The third kappa shape index (κ3) is 2.39. The number of sulfonamides is 1. The van der Waals surface area contributed by atoms with Gasteiger partial charge in [0.1, 0.15) is 0 Å². The maximum Gasteiger partial charge on any atom is 0.293 e. The van der Waals surface area contributed by atoms with Gasteiger partial charge in [-0.25, -0.2) is 15.0 Å². The van der Waals surface area contributed by atoms with E-state index in [1.807, 2.05) is 24.3 Å². The Labute approximate surface area is 148 Å². The number of carbonyl (C=O) groups excluding carboxylic acids is 1. The van der Waals surface area contributed by atoms with Gasteiger partial charge in [0, 0.05) is 12.2 Å². The Morgan fingerprint density at radius 1 is 1.20 bits per heavy atom. The topological polar surface area (TPSA) is 70.8 Å². The molecule has 25 heavy (non-hydrogen) atoms. The number of nitrogens with zero attached hydrogens (tertiary/aromatic N) is 2. The third-order valence-electron chi connectivity index (χ3n) is 5.86. The zero-order chi connectivity index (χ0) is 17.7. The van der Waals surface area contributed by atoms with Crippen LogP contribution >= 0.6 is 0 Å². The largest absolute Gasteiger partial charge is 0.325 e. The molecular weight excluding hydrogens is 338 g/mol. The smallest absolute Gasteiger partial charge is 0.293 e. The van der Waals surface area contributed by atoms with Gasteiger partial charge in [0.05, 0.1) is 17.1 Å². The minimum absolute atomic E-state index is 0.0712. The number of hydrogen-bond acceptors (Lipinski definition) is 3. The quantitative estimate of drug-likeness (QED) is 0.825. The van der Waals surface area contributed by atoms with Gasteiger partial charge in [-0.05, 0) is 24.5 Å². The SMILES string of the molecule is [C-]#[N+][C@@H]1C[C@@]2(CN1S(=O)(=O)C1CCCCC1)C(=O)Nc1ccccc12. The predicted molar refractivity (Wildman–Crippen MR) is 94.3 cm³/mol. The van der Waals surface area contributed by atoms with E-state index in [0.717, 1.165) is 30.5 Å². The highest BCUT2D eigenvalue weighted by atomic mass is 32.2. The molecule has 0 unspecified atom stereocenters. The summed E-state index contributed by atoms with van der Waals surface area (Å²) in [5.74, 6) is -0.191. The van der Waals surface area contributed by atoms with Crippen molar-refractivity contribution in [3.63, 3.8) is 0 Å². The van der Waals surface area contributed by atoms with Crippen molar-refractivity contribution in [2.45, 2.75) is 55.4 Å². The molecule has 1 amide bonds. The molecule has 3 aliphatic rings. The van der Waals surface area contributed by atoms with Crippen molar-refractivity contribution >= 4 is 21.6 Å². The lowest BCUT2D eigenvalue weighted by molar-refractivity contribution is -0.120. The zero-order valence-electron chi connectivity index (χ0n) is 13.9. The summed E-state index contributed by atoms with van der Waals surface area (Å²) >= 11 is 0. The Morgan fingerprint density at radius 3 is 2.64 bits per heavy atom. The summed E-state index contributed by atoms with van der Waals surface area (Å²) in [7, 11) is -3.57. The van der Waals surface area contributed by atoms with Crippen molar-refractivity contribution in [2.75, 3.05) is 11.9 Å². The maximum atomic E-state index is 13.2.